The van der Waals surface area contributed by atoms with Gasteiger partial charge in [-0.3, -0.25) is 0 Å². The number of nitrogens with two attached hydrogens (primary N) is 1. The van der Waals surface area contributed by atoms with Crippen molar-refractivity contribution in [1.29, 1.82) is 5.26 Å². The van der Waals surface area contributed by atoms with E-state index in [1.165, 1.54) is 0 Å². The van der Waals surface area contributed by atoms with Crippen LogP contribution in [0.5, 0.6) is 0 Å². The second-order valence-electron chi connectivity index (χ2n) is 6.31. The Morgan fingerprint density at radius 1 is 0.821 bits per heavy atom. The molecule has 0 aliphatic carbocycles. The van der Waals surface area contributed by atoms with E-state index in [1.54, 1.807) is 0 Å². The molecular weight excluding hydrogens is 366 g/mol. The van der Waals surface area contributed by atoms with Crippen molar-refractivity contribution in [2.24, 2.45) is 10.9 Å². The van der Waals surface area contributed by atoms with Crippen molar-refractivity contribution < 1.29 is 24.2 Å². The van der Waals surface area contributed by atoms with Crippen LogP contribution in [-0.4, -0.2) is 115 Å². The summed E-state index contributed by atoms with van der Waals surface area (Å²) in [5.74, 6) is 0.184. The third kappa shape index (κ3) is 29.3. The van der Waals surface area contributed by atoms with Gasteiger partial charge < -0.3 is 39.7 Å². The molecule has 0 saturated carbocycles. The summed E-state index contributed by atoms with van der Waals surface area (Å²) in [7, 11) is 8.01. The quantitative estimate of drug-likeness (QED) is 0.115. The normalized spacial score (nSPS) is 11.4. The molecule has 0 bridgehead atoms. The highest BCUT2D eigenvalue weighted by Crippen LogP contribution is 1.85. The maximum atomic E-state index is 8.24. The van der Waals surface area contributed by atoms with E-state index in [-0.39, 0.29) is 5.84 Å². The van der Waals surface area contributed by atoms with Gasteiger partial charge in [0.1, 0.15) is 5.84 Å². The summed E-state index contributed by atoms with van der Waals surface area (Å²) in [6.07, 6.45) is 0.895. The van der Waals surface area contributed by atoms with Gasteiger partial charge in [0.2, 0.25) is 0 Å². The van der Waals surface area contributed by atoms with Crippen molar-refractivity contribution in [3.63, 3.8) is 0 Å². The molecule has 0 aromatic rings. The third-order valence-corrected chi connectivity index (χ3v) is 3.10. The zero-order chi connectivity index (χ0) is 21.5. The molecule has 0 rings (SSSR count). The van der Waals surface area contributed by atoms with Crippen molar-refractivity contribution in [2.45, 2.75) is 12.8 Å². The Hall–Kier alpha value is -1.48. The van der Waals surface area contributed by atoms with Crippen LogP contribution in [0, 0.1) is 11.3 Å². The van der Waals surface area contributed by atoms with Crippen molar-refractivity contribution in [3.05, 3.63) is 0 Å². The first-order chi connectivity index (χ1) is 13.4. The van der Waals surface area contributed by atoms with Gasteiger partial charge in [-0.15, -0.1) is 0 Å². The molecule has 0 aromatic carbocycles. The number of rotatable bonds is 17. The number of oxime groups is 1. The second kappa shape index (κ2) is 23.6. The van der Waals surface area contributed by atoms with E-state index < -0.39 is 0 Å². The van der Waals surface area contributed by atoms with E-state index in [0.29, 0.717) is 59.1 Å². The van der Waals surface area contributed by atoms with Crippen molar-refractivity contribution in [3.8, 4) is 6.07 Å². The van der Waals surface area contributed by atoms with Crippen LogP contribution in [0.15, 0.2) is 5.16 Å². The summed E-state index contributed by atoms with van der Waals surface area (Å²) in [6.45, 7) is 6.53. The average Bonchev–Trinajstić information content (AvgIpc) is 2.65. The van der Waals surface area contributed by atoms with Crippen molar-refractivity contribution in [2.75, 3.05) is 94.1 Å². The minimum Gasteiger partial charge on any atom is -0.409 e. The summed E-state index contributed by atoms with van der Waals surface area (Å²) in [6, 6.07) is 2.01. The molecule has 166 valence electrons. The fraction of sp³-hybridized carbons (Fsp3) is 0.889. The number of nitrogens with zero attached hydrogens (tertiary/aromatic N) is 4. The molecule has 0 atom stereocenters. The second-order valence-corrected chi connectivity index (χ2v) is 6.31. The largest absolute Gasteiger partial charge is 0.409 e. The Kier molecular flexibility index (Phi) is 24.2. The van der Waals surface area contributed by atoms with Crippen LogP contribution in [0.4, 0.5) is 0 Å². The number of likely N-dealkylation sites (N-methyl/N-ethyl adjacent to an activating group) is 2. The molecule has 10 nitrogen and oxygen atoms in total. The Labute approximate surface area is 169 Å². The SMILES string of the molecule is CN(C)CCOCCOCC/C(N)=N/O.CN(C)CCOCCOCCC#N. The monoisotopic (exact) mass is 405 g/mol. The van der Waals surface area contributed by atoms with Crippen LogP contribution in [0.2, 0.25) is 0 Å². The molecule has 0 amide bonds. The number of amidine groups is 1. The lowest BCUT2D eigenvalue weighted by atomic mass is 10.4. The molecule has 0 heterocycles. The Morgan fingerprint density at radius 3 is 1.64 bits per heavy atom. The molecule has 0 aliphatic heterocycles. The molecule has 0 unspecified atom stereocenters. The van der Waals surface area contributed by atoms with Crippen molar-refractivity contribution in [1.82, 2.24) is 9.80 Å². The predicted molar refractivity (Wildman–Crippen MR) is 109 cm³/mol. The lowest BCUT2D eigenvalue weighted by Crippen LogP contribution is -2.19. The van der Waals surface area contributed by atoms with Gasteiger partial charge in [0.15, 0.2) is 0 Å². The van der Waals surface area contributed by atoms with Crippen LogP contribution < -0.4 is 5.73 Å². The van der Waals surface area contributed by atoms with Gasteiger partial charge in [-0.2, -0.15) is 5.26 Å². The Balaban J connectivity index is 0. The van der Waals surface area contributed by atoms with E-state index >= 15 is 0 Å². The maximum Gasteiger partial charge on any atom is 0.141 e. The topological polar surface area (TPSA) is 126 Å². The molecule has 10 heteroatoms. The van der Waals surface area contributed by atoms with Gasteiger partial charge in [-0.05, 0) is 28.2 Å². The van der Waals surface area contributed by atoms with Crippen LogP contribution in [0.25, 0.3) is 0 Å². The van der Waals surface area contributed by atoms with E-state index in [4.69, 9.17) is 35.2 Å². The van der Waals surface area contributed by atoms with Crippen LogP contribution in [0.1, 0.15) is 12.8 Å². The van der Waals surface area contributed by atoms with Gasteiger partial charge in [-0.1, -0.05) is 5.16 Å². The number of ether oxygens (including phenoxy) is 4. The van der Waals surface area contributed by atoms with Gasteiger partial charge in [0.05, 0.1) is 65.3 Å². The van der Waals surface area contributed by atoms with E-state index in [2.05, 4.69) is 15.0 Å². The van der Waals surface area contributed by atoms with Gasteiger partial charge in [0, 0.05) is 19.5 Å². The fourth-order valence-corrected chi connectivity index (χ4v) is 1.48. The average molecular weight is 406 g/mol. The molecule has 0 aliphatic rings. The summed E-state index contributed by atoms with van der Waals surface area (Å²) >= 11 is 0. The van der Waals surface area contributed by atoms with Crippen LogP contribution >= 0.6 is 0 Å². The lowest BCUT2D eigenvalue weighted by Gasteiger charge is -2.09. The van der Waals surface area contributed by atoms with Gasteiger partial charge in [-0.25, -0.2) is 0 Å². The number of hydrogen-bond acceptors (Lipinski definition) is 9. The maximum absolute atomic E-state index is 8.24. The zero-order valence-electron chi connectivity index (χ0n) is 17.9. The molecule has 0 radical (unpaired) electrons. The minimum atomic E-state index is 0.184. The first kappa shape index (κ1) is 28.7. The van der Waals surface area contributed by atoms with Crippen molar-refractivity contribution >= 4 is 5.84 Å². The summed E-state index contributed by atoms with van der Waals surface area (Å²) in [4.78, 5) is 4.12. The molecule has 0 saturated heterocycles. The van der Waals surface area contributed by atoms with Gasteiger partial charge in [0.25, 0.3) is 0 Å². The Bertz CT molecular complexity index is 389. The molecule has 28 heavy (non-hydrogen) atoms. The third-order valence-electron chi connectivity index (χ3n) is 3.10. The predicted octanol–water partition coefficient (Wildman–Crippen LogP) is 0.213. The van der Waals surface area contributed by atoms with E-state index in [9.17, 15) is 0 Å². The van der Waals surface area contributed by atoms with E-state index in [1.807, 2.05) is 34.3 Å². The highest BCUT2D eigenvalue weighted by Gasteiger charge is 1.95. The number of hydrogen-bond donors (Lipinski definition) is 2. The van der Waals surface area contributed by atoms with Gasteiger partial charge >= 0.3 is 0 Å². The molecule has 3 N–H and O–H groups in total. The zero-order valence-corrected chi connectivity index (χ0v) is 17.9. The number of nitriles is 1. The summed E-state index contributed by atoms with van der Waals surface area (Å²) in [5.41, 5.74) is 5.25. The first-order valence-electron chi connectivity index (χ1n) is 9.37. The summed E-state index contributed by atoms with van der Waals surface area (Å²) < 4.78 is 20.9. The fourth-order valence-electron chi connectivity index (χ4n) is 1.48. The standard InChI is InChI=1S/C9H21N3O3.C9H18N2O2/c1-12(2)4-6-15-8-7-14-5-3-9(10)11-13;1-11(2)5-7-13-9-8-12-6-3-4-10/h13H,3-8H2,1-2H3,(H2,10,11);3,5-9H2,1-2H3. The Morgan fingerprint density at radius 2 is 1.25 bits per heavy atom. The minimum absolute atomic E-state index is 0.184. The molecular formula is C18H39N5O5. The van der Waals surface area contributed by atoms with Crippen LogP contribution in [-0.2, 0) is 18.9 Å². The lowest BCUT2D eigenvalue weighted by molar-refractivity contribution is 0.0446. The first-order valence-corrected chi connectivity index (χ1v) is 9.37. The molecule has 0 fully saturated rings. The highest BCUT2D eigenvalue weighted by molar-refractivity contribution is 5.79. The summed E-state index contributed by atoms with van der Waals surface area (Å²) in [5, 5.41) is 19.3. The van der Waals surface area contributed by atoms with E-state index in [0.717, 1.165) is 19.7 Å². The highest BCUT2D eigenvalue weighted by atomic mass is 16.5. The van der Waals surface area contributed by atoms with Crippen LogP contribution in [0.3, 0.4) is 0 Å². The molecule has 0 spiro atoms. The molecule has 0 aromatic heterocycles. The smallest absolute Gasteiger partial charge is 0.141 e.